The van der Waals surface area contributed by atoms with E-state index in [0.29, 0.717) is 12.1 Å². The SMILES string of the molecule is CC(C)N[C@@H]1CCCN(OC(=O)C(C)(C)C)C1. The van der Waals surface area contributed by atoms with E-state index in [1.54, 1.807) is 5.06 Å². The second kappa shape index (κ2) is 5.83. The Balaban J connectivity index is 2.42. The fraction of sp³-hybridized carbons (Fsp3) is 0.923. The van der Waals surface area contributed by atoms with Gasteiger partial charge >= 0.3 is 5.97 Å². The molecule has 0 unspecified atom stereocenters. The van der Waals surface area contributed by atoms with E-state index in [1.807, 2.05) is 20.8 Å². The summed E-state index contributed by atoms with van der Waals surface area (Å²) in [5, 5.41) is 5.29. The predicted molar refractivity (Wildman–Crippen MR) is 68.4 cm³/mol. The molecule has 1 heterocycles. The maximum absolute atomic E-state index is 11.8. The molecule has 1 aliphatic rings. The molecule has 1 atom stereocenters. The van der Waals surface area contributed by atoms with Gasteiger partial charge in [0.15, 0.2) is 0 Å². The Labute approximate surface area is 105 Å². The van der Waals surface area contributed by atoms with Crippen molar-refractivity contribution in [3.63, 3.8) is 0 Å². The summed E-state index contributed by atoms with van der Waals surface area (Å²) in [7, 11) is 0. The first-order valence-electron chi connectivity index (χ1n) is 6.52. The first kappa shape index (κ1) is 14.5. The second-order valence-corrected chi connectivity index (χ2v) is 6.18. The number of piperidine rings is 1. The number of hydroxylamine groups is 2. The Hall–Kier alpha value is -0.610. The first-order chi connectivity index (χ1) is 7.79. The third kappa shape index (κ3) is 5.04. The molecule has 0 bridgehead atoms. The van der Waals surface area contributed by atoms with Gasteiger partial charge in [-0.3, -0.25) is 0 Å². The summed E-state index contributed by atoms with van der Waals surface area (Å²) in [6, 6.07) is 0.898. The van der Waals surface area contributed by atoms with Gasteiger partial charge in [-0.05, 0) is 33.6 Å². The van der Waals surface area contributed by atoms with Crippen molar-refractivity contribution in [1.29, 1.82) is 0 Å². The number of nitrogens with zero attached hydrogens (tertiary/aromatic N) is 1. The molecule has 4 heteroatoms. The maximum atomic E-state index is 11.8. The van der Waals surface area contributed by atoms with E-state index in [4.69, 9.17) is 4.84 Å². The van der Waals surface area contributed by atoms with Crippen LogP contribution in [0.3, 0.4) is 0 Å². The van der Waals surface area contributed by atoms with Crippen LogP contribution in [0.25, 0.3) is 0 Å². The van der Waals surface area contributed by atoms with Gasteiger partial charge in [0.1, 0.15) is 0 Å². The van der Waals surface area contributed by atoms with E-state index in [0.717, 1.165) is 25.9 Å². The van der Waals surface area contributed by atoms with Crippen molar-refractivity contribution in [2.24, 2.45) is 5.41 Å². The Morgan fingerprint density at radius 1 is 1.41 bits per heavy atom. The molecule has 0 saturated carbocycles. The third-order valence-corrected chi connectivity index (χ3v) is 2.78. The van der Waals surface area contributed by atoms with Crippen molar-refractivity contribution in [2.45, 2.75) is 59.5 Å². The summed E-state index contributed by atoms with van der Waals surface area (Å²) in [4.78, 5) is 17.2. The smallest absolute Gasteiger partial charge is 0.330 e. The highest BCUT2D eigenvalue weighted by molar-refractivity contribution is 5.75. The van der Waals surface area contributed by atoms with Crippen LogP contribution < -0.4 is 5.32 Å². The minimum absolute atomic E-state index is 0.150. The van der Waals surface area contributed by atoms with Crippen LogP contribution in [0.2, 0.25) is 0 Å². The predicted octanol–water partition coefficient (Wildman–Crippen LogP) is 1.95. The summed E-state index contributed by atoms with van der Waals surface area (Å²) in [6.45, 7) is 11.5. The minimum atomic E-state index is -0.432. The molecule has 0 amide bonds. The van der Waals surface area contributed by atoms with Gasteiger partial charge in [-0.15, -0.1) is 5.06 Å². The summed E-state index contributed by atoms with van der Waals surface area (Å²) in [5.74, 6) is -0.150. The second-order valence-electron chi connectivity index (χ2n) is 6.18. The highest BCUT2D eigenvalue weighted by Crippen LogP contribution is 2.18. The number of nitrogens with one attached hydrogen (secondary N) is 1. The largest absolute Gasteiger partial charge is 0.367 e. The van der Waals surface area contributed by atoms with E-state index in [2.05, 4.69) is 19.2 Å². The lowest BCUT2D eigenvalue weighted by atomic mass is 9.98. The fourth-order valence-electron chi connectivity index (χ4n) is 1.89. The quantitative estimate of drug-likeness (QED) is 0.821. The lowest BCUT2D eigenvalue weighted by Gasteiger charge is -2.34. The van der Waals surface area contributed by atoms with Crippen LogP contribution in [0.15, 0.2) is 0 Å². The van der Waals surface area contributed by atoms with Crippen LogP contribution in [0, 0.1) is 5.41 Å². The van der Waals surface area contributed by atoms with Gasteiger partial charge in [0, 0.05) is 18.6 Å². The number of carbonyl (C=O) groups is 1. The van der Waals surface area contributed by atoms with Crippen LogP contribution >= 0.6 is 0 Å². The molecule has 100 valence electrons. The molecule has 4 nitrogen and oxygen atoms in total. The van der Waals surface area contributed by atoms with Gasteiger partial charge in [-0.2, -0.15) is 0 Å². The molecule has 0 aromatic rings. The molecular weight excluding hydrogens is 216 g/mol. The maximum Gasteiger partial charge on any atom is 0.330 e. The lowest BCUT2D eigenvalue weighted by molar-refractivity contribution is -0.205. The Kier molecular flexibility index (Phi) is 4.95. The minimum Gasteiger partial charge on any atom is -0.367 e. The Morgan fingerprint density at radius 3 is 2.59 bits per heavy atom. The molecule has 1 fully saturated rings. The first-order valence-corrected chi connectivity index (χ1v) is 6.52. The van der Waals surface area contributed by atoms with E-state index in [9.17, 15) is 4.79 Å². The average Bonchev–Trinajstić information content (AvgIpc) is 2.15. The Bertz CT molecular complexity index is 259. The monoisotopic (exact) mass is 242 g/mol. The van der Waals surface area contributed by atoms with Gasteiger partial charge in [0.2, 0.25) is 0 Å². The zero-order chi connectivity index (χ0) is 13.1. The number of carbonyl (C=O) groups excluding carboxylic acids is 1. The van der Waals surface area contributed by atoms with Crippen LogP contribution in [-0.2, 0) is 9.63 Å². The van der Waals surface area contributed by atoms with Crippen molar-refractivity contribution in [2.75, 3.05) is 13.1 Å². The van der Waals surface area contributed by atoms with Crippen LogP contribution in [0.5, 0.6) is 0 Å². The van der Waals surface area contributed by atoms with Crippen molar-refractivity contribution in [1.82, 2.24) is 10.4 Å². The zero-order valence-corrected chi connectivity index (χ0v) is 11.7. The molecule has 1 rings (SSSR count). The van der Waals surface area contributed by atoms with Gasteiger partial charge in [0.25, 0.3) is 0 Å². The third-order valence-electron chi connectivity index (χ3n) is 2.78. The molecule has 0 aromatic heterocycles. The van der Waals surface area contributed by atoms with Gasteiger partial charge in [-0.1, -0.05) is 13.8 Å². The van der Waals surface area contributed by atoms with E-state index in [-0.39, 0.29) is 5.97 Å². The molecular formula is C13H26N2O2. The fourth-order valence-corrected chi connectivity index (χ4v) is 1.89. The number of hydrogen-bond acceptors (Lipinski definition) is 4. The van der Waals surface area contributed by atoms with Gasteiger partial charge in [-0.25, -0.2) is 4.79 Å². The van der Waals surface area contributed by atoms with Crippen molar-refractivity contribution < 1.29 is 9.63 Å². The van der Waals surface area contributed by atoms with E-state index >= 15 is 0 Å². The molecule has 1 saturated heterocycles. The Morgan fingerprint density at radius 2 is 2.06 bits per heavy atom. The molecule has 1 N–H and O–H groups in total. The van der Waals surface area contributed by atoms with E-state index < -0.39 is 5.41 Å². The van der Waals surface area contributed by atoms with Crippen molar-refractivity contribution in [3.05, 3.63) is 0 Å². The normalized spacial score (nSPS) is 22.8. The average molecular weight is 242 g/mol. The lowest BCUT2D eigenvalue weighted by Crippen LogP contribution is -2.49. The van der Waals surface area contributed by atoms with Crippen LogP contribution in [-0.4, -0.2) is 36.2 Å². The highest BCUT2D eigenvalue weighted by atomic mass is 16.7. The van der Waals surface area contributed by atoms with Gasteiger partial charge in [0.05, 0.1) is 12.0 Å². The molecule has 0 aliphatic carbocycles. The molecule has 0 radical (unpaired) electrons. The van der Waals surface area contributed by atoms with Crippen molar-refractivity contribution in [3.8, 4) is 0 Å². The number of rotatable bonds is 3. The number of hydrogen-bond donors (Lipinski definition) is 1. The zero-order valence-electron chi connectivity index (χ0n) is 11.7. The summed E-state index contributed by atoms with van der Waals surface area (Å²) >= 11 is 0. The topological polar surface area (TPSA) is 41.6 Å². The summed E-state index contributed by atoms with van der Waals surface area (Å²) < 4.78 is 0. The van der Waals surface area contributed by atoms with Gasteiger partial charge < -0.3 is 10.2 Å². The highest BCUT2D eigenvalue weighted by Gasteiger charge is 2.28. The summed E-state index contributed by atoms with van der Waals surface area (Å²) in [5.41, 5.74) is -0.432. The van der Waals surface area contributed by atoms with Crippen LogP contribution in [0.1, 0.15) is 47.5 Å². The van der Waals surface area contributed by atoms with Crippen LogP contribution in [0.4, 0.5) is 0 Å². The van der Waals surface area contributed by atoms with E-state index in [1.165, 1.54) is 0 Å². The molecule has 0 aromatic carbocycles. The van der Waals surface area contributed by atoms with Crippen molar-refractivity contribution >= 4 is 5.97 Å². The molecule has 17 heavy (non-hydrogen) atoms. The standard InChI is InChI=1S/C13H26N2O2/c1-10(2)14-11-7-6-8-15(9-11)17-12(16)13(3,4)5/h10-11,14H,6-9H2,1-5H3/t11-/m1/s1. The molecule has 1 aliphatic heterocycles. The summed E-state index contributed by atoms with van der Waals surface area (Å²) in [6.07, 6.45) is 2.23. The molecule has 0 spiro atoms.